The molecular weight excluding hydrogens is 348 g/mol. The molecular formula is C24H30N2O2. The van der Waals surface area contributed by atoms with E-state index in [9.17, 15) is 4.79 Å². The van der Waals surface area contributed by atoms with E-state index in [1.165, 1.54) is 11.1 Å². The molecule has 0 unspecified atom stereocenters. The molecule has 0 aliphatic carbocycles. The van der Waals surface area contributed by atoms with Crippen molar-refractivity contribution in [1.82, 2.24) is 4.90 Å². The van der Waals surface area contributed by atoms with E-state index in [0.29, 0.717) is 13.0 Å². The Balaban J connectivity index is 2.03. The quantitative estimate of drug-likeness (QED) is 0.680. The summed E-state index contributed by atoms with van der Waals surface area (Å²) in [6.45, 7) is 5.44. The standard InChI is InChI=1S/C24H30N2O2/c1-5-8-21-22(18-11-13-20(28-4)14-12-18)17-19-9-6-7-10-23(19)26(24(21)27)16-15-25(2)3/h5-7,9-14,21-22H,1,8,15-17H2,2-4H3/t21-,22+/m1/s1. The van der Waals surface area contributed by atoms with Gasteiger partial charge in [0.2, 0.25) is 5.91 Å². The summed E-state index contributed by atoms with van der Waals surface area (Å²) in [4.78, 5) is 17.7. The Bertz CT molecular complexity index is 814. The Morgan fingerprint density at radius 1 is 1.18 bits per heavy atom. The maximum atomic E-state index is 13.7. The van der Waals surface area contributed by atoms with Gasteiger partial charge in [-0.1, -0.05) is 36.4 Å². The van der Waals surface area contributed by atoms with Crippen molar-refractivity contribution in [2.45, 2.75) is 18.8 Å². The van der Waals surface area contributed by atoms with Gasteiger partial charge in [0.25, 0.3) is 0 Å². The highest BCUT2D eigenvalue weighted by atomic mass is 16.5. The molecule has 28 heavy (non-hydrogen) atoms. The van der Waals surface area contributed by atoms with Crippen molar-refractivity contribution in [3.05, 3.63) is 72.3 Å². The lowest BCUT2D eigenvalue weighted by molar-refractivity contribution is -0.122. The van der Waals surface area contributed by atoms with Crippen LogP contribution in [0.25, 0.3) is 0 Å². The fraction of sp³-hybridized carbons (Fsp3) is 0.375. The summed E-state index contributed by atoms with van der Waals surface area (Å²) >= 11 is 0. The van der Waals surface area contributed by atoms with E-state index in [2.05, 4.69) is 41.8 Å². The van der Waals surface area contributed by atoms with E-state index < -0.39 is 0 Å². The van der Waals surface area contributed by atoms with Crippen LogP contribution in [0.2, 0.25) is 0 Å². The number of methoxy groups -OCH3 is 1. The van der Waals surface area contributed by atoms with Crippen molar-refractivity contribution in [2.24, 2.45) is 5.92 Å². The minimum atomic E-state index is -0.125. The highest BCUT2D eigenvalue weighted by molar-refractivity contribution is 5.97. The number of allylic oxidation sites excluding steroid dienone is 1. The molecule has 148 valence electrons. The van der Waals surface area contributed by atoms with Gasteiger partial charge in [0.15, 0.2) is 0 Å². The molecule has 1 heterocycles. The van der Waals surface area contributed by atoms with Crippen molar-refractivity contribution >= 4 is 11.6 Å². The van der Waals surface area contributed by atoms with Crippen LogP contribution in [-0.4, -0.2) is 45.1 Å². The van der Waals surface area contributed by atoms with E-state index in [0.717, 1.165) is 24.4 Å². The molecule has 1 aliphatic heterocycles. The van der Waals surface area contributed by atoms with E-state index in [1.807, 2.05) is 43.3 Å². The van der Waals surface area contributed by atoms with Gasteiger partial charge in [0.05, 0.1) is 7.11 Å². The van der Waals surface area contributed by atoms with Gasteiger partial charge in [0.1, 0.15) is 5.75 Å². The highest BCUT2D eigenvalue weighted by Crippen LogP contribution is 2.39. The SMILES string of the molecule is C=CC[C@H]1C(=O)N(CCN(C)C)c2ccccc2C[C@H]1c1ccc(OC)cc1. The summed E-state index contributed by atoms with van der Waals surface area (Å²) < 4.78 is 5.31. The number of hydrogen-bond donors (Lipinski definition) is 0. The van der Waals surface area contributed by atoms with Crippen LogP contribution in [0.1, 0.15) is 23.5 Å². The summed E-state index contributed by atoms with van der Waals surface area (Å²) in [5, 5.41) is 0. The molecule has 2 atom stereocenters. The number of para-hydroxylation sites is 1. The van der Waals surface area contributed by atoms with Gasteiger partial charge in [-0.2, -0.15) is 0 Å². The Kier molecular flexibility index (Phi) is 6.53. The van der Waals surface area contributed by atoms with Crippen LogP contribution in [0.4, 0.5) is 5.69 Å². The molecule has 0 bridgehead atoms. The van der Waals surface area contributed by atoms with E-state index in [1.54, 1.807) is 7.11 Å². The third-order valence-corrected chi connectivity index (χ3v) is 5.53. The topological polar surface area (TPSA) is 32.8 Å². The van der Waals surface area contributed by atoms with Gasteiger partial charge in [-0.3, -0.25) is 4.79 Å². The number of hydrogen-bond acceptors (Lipinski definition) is 3. The zero-order valence-electron chi connectivity index (χ0n) is 17.1. The number of carbonyl (C=O) groups is 1. The zero-order valence-corrected chi connectivity index (χ0v) is 17.1. The number of rotatable bonds is 7. The fourth-order valence-corrected chi connectivity index (χ4v) is 3.99. The summed E-state index contributed by atoms with van der Waals surface area (Å²) in [5.41, 5.74) is 3.44. The lowest BCUT2D eigenvalue weighted by atomic mass is 9.80. The summed E-state index contributed by atoms with van der Waals surface area (Å²) in [6, 6.07) is 16.4. The molecule has 2 aromatic carbocycles. The number of carbonyl (C=O) groups excluding carboxylic acids is 1. The van der Waals surface area contributed by atoms with Crippen LogP contribution in [0.3, 0.4) is 0 Å². The fourth-order valence-electron chi connectivity index (χ4n) is 3.99. The molecule has 0 saturated carbocycles. The first kappa shape index (κ1) is 20.2. The normalized spacial score (nSPS) is 19.3. The zero-order chi connectivity index (χ0) is 20.1. The van der Waals surface area contributed by atoms with Crippen molar-refractivity contribution in [3.8, 4) is 5.75 Å². The Labute approximate surface area is 168 Å². The second-order valence-electron chi connectivity index (χ2n) is 7.64. The number of nitrogens with zero attached hydrogens (tertiary/aromatic N) is 2. The summed E-state index contributed by atoms with van der Waals surface area (Å²) in [7, 11) is 5.74. The molecule has 0 aromatic heterocycles. The first-order valence-corrected chi connectivity index (χ1v) is 9.84. The maximum absolute atomic E-state index is 13.7. The van der Waals surface area contributed by atoms with Crippen LogP contribution in [0.15, 0.2) is 61.2 Å². The molecule has 0 fully saturated rings. The number of fused-ring (bicyclic) bond motifs is 1. The number of amides is 1. The second kappa shape index (κ2) is 9.07. The van der Waals surface area contributed by atoms with Gasteiger partial charge in [-0.15, -0.1) is 6.58 Å². The molecule has 0 saturated heterocycles. The molecule has 4 nitrogen and oxygen atoms in total. The smallest absolute Gasteiger partial charge is 0.231 e. The van der Waals surface area contributed by atoms with Crippen molar-refractivity contribution in [3.63, 3.8) is 0 Å². The molecule has 3 rings (SSSR count). The minimum Gasteiger partial charge on any atom is -0.497 e. The Hall–Kier alpha value is -2.59. The molecule has 0 radical (unpaired) electrons. The Morgan fingerprint density at radius 3 is 2.54 bits per heavy atom. The molecule has 1 aliphatic rings. The van der Waals surface area contributed by atoms with Crippen LogP contribution < -0.4 is 9.64 Å². The largest absolute Gasteiger partial charge is 0.497 e. The monoisotopic (exact) mass is 378 g/mol. The van der Waals surface area contributed by atoms with Crippen LogP contribution in [0, 0.1) is 5.92 Å². The van der Waals surface area contributed by atoms with E-state index >= 15 is 0 Å². The summed E-state index contributed by atoms with van der Waals surface area (Å²) in [5.74, 6) is 1.01. The third-order valence-electron chi connectivity index (χ3n) is 5.53. The van der Waals surface area contributed by atoms with Gasteiger partial charge in [-0.05, 0) is 62.2 Å². The highest BCUT2D eigenvalue weighted by Gasteiger charge is 2.36. The van der Waals surface area contributed by atoms with Crippen molar-refractivity contribution in [2.75, 3.05) is 39.2 Å². The van der Waals surface area contributed by atoms with Gasteiger partial charge in [0, 0.05) is 24.7 Å². The average Bonchev–Trinajstić information content (AvgIpc) is 2.82. The molecule has 0 N–H and O–H groups in total. The molecule has 0 spiro atoms. The second-order valence-corrected chi connectivity index (χ2v) is 7.64. The van der Waals surface area contributed by atoms with Gasteiger partial charge >= 0.3 is 0 Å². The van der Waals surface area contributed by atoms with Crippen molar-refractivity contribution in [1.29, 1.82) is 0 Å². The third kappa shape index (κ3) is 4.28. The first-order valence-electron chi connectivity index (χ1n) is 9.84. The number of ether oxygens (including phenoxy) is 1. The van der Waals surface area contributed by atoms with Crippen LogP contribution >= 0.6 is 0 Å². The average molecular weight is 379 g/mol. The van der Waals surface area contributed by atoms with E-state index in [4.69, 9.17) is 4.74 Å². The Morgan fingerprint density at radius 2 is 1.89 bits per heavy atom. The first-order chi connectivity index (χ1) is 13.5. The van der Waals surface area contributed by atoms with Gasteiger partial charge in [-0.25, -0.2) is 0 Å². The molecule has 1 amide bonds. The lowest BCUT2D eigenvalue weighted by Gasteiger charge is -2.29. The number of benzene rings is 2. The predicted molar refractivity (Wildman–Crippen MR) is 115 cm³/mol. The number of likely N-dealkylation sites (N-methyl/N-ethyl adjacent to an activating group) is 1. The van der Waals surface area contributed by atoms with Gasteiger partial charge < -0.3 is 14.5 Å². The maximum Gasteiger partial charge on any atom is 0.231 e. The number of anilines is 1. The van der Waals surface area contributed by atoms with Crippen molar-refractivity contribution < 1.29 is 9.53 Å². The molecule has 2 aromatic rings. The minimum absolute atomic E-state index is 0.113. The molecule has 4 heteroatoms. The van der Waals surface area contributed by atoms with Crippen LogP contribution in [-0.2, 0) is 11.2 Å². The predicted octanol–water partition coefficient (Wildman–Crippen LogP) is 4.12. The summed E-state index contributed by atoms with van der Waals surface area (Å²) in [6.07, 6.45) is 3.38. The van der Waals surface area contributed by atoms with E-state index in [-0.39, 0.29) is 17.7 Å². The lowest BCUT2D eigenvalue weighted by Crippen LogP contribution is -2.41. The van der Waals surface area contributed by atoms with Crippen LogP contribution in [0.5, 0.6) is 5.75 Å².